The second-order valence-electron chi connectivity index (χ2n) is 4.93. The van der Waals surface area contributed by atoms with Crippen LogP contribution in [0.5, 0.6) is 0 Å². The average Bonchev–Trinajstić information content (AvgIpc) is 2.50. The van der Waals surface area contributed by atoms with Crippen molar-refractivity contribution in [3.63, 3.8) is 0 Å². The molecule has 0 aromatic heterocycles. The third kappa shape index (κ3) is 0.752. The normalized spacial score (nSPS) is 51.5. The summed E-state index contributed by atoms with van der Waals surface area (Å²) in [6, 6.07) is 0. The van der Waals surface area contributed by atoms with Crippen LogP contribution in [-0.4, -0.2) is 5.54 Å². The first-order valence-electron chi connectivity index (χ1n) is 5.08. The highest BCUT2D eigenvalue weighted by Crippen LogP contribution is 2.59. The molecule has 0 amide bonds. The van der Waals surface area contributed by atoms with Crippen LogP contribution in [0.1, 0.15) is 38.5 Å². The fraction of sp³-hybridized carbons (Fsp3) is 1.00. The van der Waals surface area contributed by atoms with E-state index in [1.54, 1.807) is 0 Å². The van der Waals surface area contributed by atoms with Crippen LogP contribution < -0.4 is 5.73 Å². The van der Waals surface area contributed by atoms with Gasteiger partial charge in [-0.2, -0.15) is 0 Å². The molecule has 0 aromatic rings. The summed E-state index contributed by atoms with van der Waals surface area (Å²) in [6.45, 7) is 0. The first-order chi connectivity index (χ1) is 5.30. The van der Waals surface area contributed by atoms with Crippen LogP contribution in [0.3, 0.4) is 0 Å². The Kier molecular flexibility index (Phi) is 1.07. The Morgan fingerprint density at radius 2 is 1.36 bits per heavy atom. The zero-order valence-electron chi connectivity index (χ0n) is 7.05. The van der Waals surface area contributed by atoms with Gasteiger partial charge in [0.05, 0.1) is 0 Å². The smallest absolute Gasteiger partial charge is 0.0189 e. The number of fused-ring (bicyclic) bond motifs is 2. The molecule has 0 saturated heterocycles. The summed E-state index contributed by atoms with van der Waals surface area (Å²) >= 11 is 0. The highest BCUT2D eigenvalue weighted by atomic mass is 14.9. The summed E-state index contributed by atoms with van der Waals surface area (Å²) in [7, 11) is 0. The minimum Gasteiger partial charge on any atom is -0.325 e. The van der Waals surface area contributed by atoms with E-state index >= 15 is 0 Å². The molecule has 3 rings (SSSR count). The van der Waals surface area contributed by atoms with Crippen molar-refractivity contribution < 1.29 is 0 Å². The topological polar surface area (TPSA) is 26.0 Å². The molecular weight excluding hydrogens is 134 g/mol. The molecule has 0 atom stereocenters. The molecule has 1 nitrogen and oxygen atoms in total. The standard InChI is InChI=1S/C10H17N/c11-10(5-6-10)9-7-1-2-8(9)4-3-7/h7-9H,1-6,11H2. The Morgan fingerprint density at radius 1 is 0.909 bits per heavy atom. The number of hydrogen-bond acceptors (Lipinski definition) is 1. The Bertz CT molecular complexity index is 163. The first kappa shape index (κ1) is 6.47. The van der Waals surface area contributed by atoms with Gasteiger partial charge in [-0.1, -0.05) is 0 Å². The number of nitrogens with two attached hydrogens (primary N) is 1. The summed E-state index contributed by atoms with van der Waals surface area (Å²) in [5.74, 6) is 3.02. The second-order valence-corrected chi connectivity index (χ2v) is 4.93. The minimum absolute atomic E-state index is 0.336. The van der Waals surface area contributed by atoms with Crippen LogP contribution in [0.4, 0.5) is 0 Å². The van der Waals surface area contributed by atoms with Gasteiger partial charge < -0.3 is 5.73 Å². The van der Waals surface area contributed by atoms with Gasteiger partial charge in [0, 0.05) is 5.54 Å². The van der Waals surface area contributed by atoms with E-state index in [2.05, 4.69) is 0 Å². The summed E-state index contributed by atoms with van der Waals surface area (Å²) in [4.78, 5) is 0. The van der Waals surface area contributed by atoms with E-state index in [9.17, 15) is 0 Å². The third-order valence-corrected chi connectivity index (χ3v) is 4.32. The molecule has 2 N–H and O–H groups in total. The van der Waals surface area contributed by atoms with Gasteiger partial charge in [0.15, 0.2) is 0 Å². The summed E-state index contributed by atoms with van der Waals surface area (Å²) in [5, 5.41) is 0. The minimum atomic E-state index is 0.336. The molecule has 1 heteroatoms. The highest BCUT2D eigenvalue weighted by Gasteiger charge is 2.56. The van der Waals surface area contributed by atoms with Gasteiger partial charge in [-0.15, -0.1) is 0 Å². The lowest BCUT2D eigenvalue weighted by atomic mass is 9.88. The van der Waals surface area contributed by atoms with Gasteiger partial charge in [-0.25, -0.2) is 0 Å². The molecule has 0 aliphatic heterocycles. The van der Waals surface area contributed by atoms with Gasteiger partial charge in [0.2, 0.25) is 0 Å². The van der Waals surface area contributed by atoms with E-state index in [0.717, 1.165) is 17.8 Å². The van der Waals surface area contributed by atoms with Crippen LogP contribution >= 0.6 is 0 Å². The quantitative estimate of drug-likeness (QED) is 0.608. The second kappa shape index (κ2) is 1.82. The predicted molar refractivity (Wildman–Crippen MR) is 45.1 cm³/mol. The van der Waals surface area contributed by atoms with Gasteiger partial charge in [0.1, 0.15) is 0 Å². The monoisotopic (exact) mass is 151 g/mol. The first-order valence-corrected chi connectivity index (χ1v) is 5.08. The molecule has 0 unspecified atom stereocenters. The number of hydrogen-bond donors (Lipinski definition) is 1. The Hall–Kier alpha value is -0.0400. The molecule has 0 radical (unpaired) electrons. The molecule has 3 aliphatic rings. The van der Waals surface area contributed by atoms with Crippen molar-refractivity contribution in [3.05, 3.63) is 0 Å². The SMILES string of the molecule is NC1(C2C3CCC2CC3)CC1. The van der Waals surface area contributed by atoms with E-state index < -0.39 is 0 Å². The molecular formula is C10H17N. The van der Waals surface area contributed by atoms with Gasteiger partial charge in [-0.05, 0) is 56.3 Å². The van der Waals surface area contributed by atoms with Crippen molar-refractivity contribution in [3.8, 4) is 0 Å². The van der Waals surface area contributed by atoms with Crippen LogP contribution in [0, 0.1) is 17.8 Å². The Labute approximate surface area is 68.3 Å². The third-order valence-electron chi connectivity index (χ3n) is 4.32. The van der Waals surface area contributed by atoms with Crippen LogP contribution in [0.2, 0.25) is 0 Å². The maximum absolute atomic E-state index is 6.27. The van der Waals surface area contributed by atoms with E-state index in [1.807, 2.05) is 0 Å². The van der Waals surface area contributed by atoms with Crippen LogP contribution in [0.25, 0.3) is 0 Å². The largest absolute Gasteiger partial charge is 0.325 e. The van der Waals surface area contributed by atoms with Crippen molar-refractivity contribution in [2.75, 3.05) is 0 Å². The Morgan fingerprint density at radius 3 is 1.73 bits per heavy atom. The summed E-state index contributed by atoms with van der Waals surface area (Å²) in [5.41, 5.74) is 6.61. The average molecular weight is 151 g/mol. The molecule has 11 heavy (non-hydrogen) atoms. The summed E-state index contributed by atoms with van der Waals surface area (Å²) < 4.78 is 0. The maximum atomic E-state index is 6.27. The summed E-state index contributed by atoms with van der Waals surface area (Å²) in [6.07, 6.45) is 8.63. The fourth-order valence-corrected chi connectivity index (χ4v) is 3.66. The van der Waals surface area contributed by atoms with Gasteiger partial charge >= 0.3 is 0 Å². The number of rotatable bonds is 1. The lowest BCUT2D eigenvalue weighted by Gasteiger charge is -2.22. The van der Waals surface area contributed by atoms with E-state index in [-0.39, 0.29) is 0 Å². The molecule has 0 spiro atoms. The van der Waals surface area contributed by atoms with Gasteiger partial charge in [-0.3, -0.25) is 0 Å². The van der Waals surface area contributed by atoms with Crippen LogP contribution in [-0.2, 0) is 0 Å². The molecule has 2 bridgehead atoms. The van der Waals surface area contributed by atoms with Crippen molar-refractivity contribution in [1.29, 1.82) is 0 Å². The van der Waals surface area contributed by atoms with Crippen LogP contribution in [0.15, 0.2) is 0 Å². The molecule has 3 aliphatic carbocycles. The molecule has 0 aromatic carbocycles. The Balaban J connectivity index is 1.87. The van der Waals surface area contributed by atoms with E-state index in [1.165, 1.54) is 38.5 Å². The van der Waals surface area contributed by atoms with Crippen molar-refractivity contribution in [2.45, 2.75) is 44.1 Å². The van der Waals surface area contributed by atoms with Crippen molar-refractivity contribution in [2.24, 2.45) is 23.5 Å². The van der Waals surface area contributed by atoms with Crippen molar-refractivity contribution >= 4 is 0 Å². The molecule has 3 saturated carbocycles. The van der Waals surface area contributed by atoms with Gasteiger partial charge in [0.25, 0.3) is 0 Å². The lowest BCUT2D eigenvalue weighted by molar-refractivity contribution is 0.314. The zero-order valence-corrected chi connectivity index (χ0v) is 7.05. The molecule has 3 fully saturated rings. The molecule has 62 valence electrons. The van der Waals surface area contributed by atoms with E-state index in [0.29, 0.717) is 5.54 Å². The highest BCUT2D eigenvalue weighted by molar-refractivity contribution is 5.12. The van der Waals surface area contributed by atoms with Crippen molar-refractivity contribution in [1.82, 2.24) is 0 Å². The maximum Gasteiger partial charge on any atom is 0.0189 e. The van der Waals surface area contributed by atoms with E-state index in [4.69, 9.17) is 5.73 Å². The fourth-order valence-electron chi connectivity index (χ4n) is 3.66. The zero-order chi connectivity index (χ0) is 7.47. The molecule has 0 heterocycles. The lowest BCUT2D eigenvalue weighted by Crippen LogP contribution is -2.35. The predicted octanol–water partition coefficient (Wildman–Crippen LogP) is 1.91.